The highest BCUT2D eigenvalue weighted by molar-refractivity contribution is 7.61. The van der Waals surface area contributed by atoms with Gasteiger partial charge in [0.1, 0.15) is 0 Å². The largest absolute Gasteiger partial charge is 0.356 e. The van der Waals surface area contributed by atoms with E-state index in [-0.39, 0.29) is 21.2 Å². The van der Waals surface area contributed by atoms with Crippen LogP contribution in [0.4, 0.5) is 0 Å². The van der Waals surface area contributed by atoms with E-state index < -0.39 is 35.8 Å². The first kappa shape index (κ1) is 47.2. The van der Waals surface area contributed by atoms with Crippen LogP contribution in [0.5, 0.6) is 0 Å². The molecule has 0 spiro atoms. The molecule has 312 valence electrons. The van der Waals surface area contributed by atoms with E-state index in [0.717, 1.165) is 0 Å². The summed E-state index contributed by atoms with van der Waals surface area (Å²) in [5, 5.41) is -0.600. The van der Waals surface area contributed by atoms with Crippen molar-refractivity contribution in [3.05, 3.63) is 111 Å². The summed E-state index contributed by atoms with van der Waals surface area (Å²) in [6, 6.07) is 0. The summed E-state index contributed by atoms with van der Waals surface area (Å²) in [7, 11) is -19.5. The van der Waals surface area contributed by atoms with E-state index in [1.165, 1.54) is 0 Å². The van der Waals surface area contributed by atoms with Crippen LogP contribution in [0.15, 0.2) is 0 Å². The van der Waals surface area contributed by atoms with Crippen LogP contribution in [0.1, 0.15) is 111 Å². The lowest BCUT2D eigenvalue weighted by Crippen LogP contribution is -2.42. The van der Waals surface area contributed by atoms with E-state index in [2.05, 4.69) is 0 Å². The summed E-state index contributed by atoms with van der Waals surface area (Å²) in [6.45, 7) is 27.0. The Morgan fingerprint density at radius 2 is 0.351 bits per heavy atom. The normalized spacial score (nSPS) is 13.2. The highest BCUT2D eigenvalue weighted by atomic mass is 31.2. The average Bonchev–Trinajstić information content (AvgIpc) is 3.02. The van der Waals surface area contributed by atoms with Crippen LogP contribution in [0.3, 0.4) is 0 Å². The molecule has 0 aliphatic heterocycles. The molecule has 4 aromatic carbocycles. The van der Waals surface area contributed by atoms with Gasteiger partial charge in [0.25, 0.3) is 0 Å². The first-order valence-electron chi connectivity index (χ1n) is 18.2. The molecular formula is C41H56O12P4. The molecule has 0 amide bonds. The maximum absolute atomic E-state index is 13.2. The SMILES string of the molecule is Cc1c(C)c(P(=O)(O)O)c(C)c(C)c1C(c1c(C)c(C)c(P(=O)(O)O)c(C)c1C)(c1c(C)c(C)c(P(=O)(O)O)c(C)c1C)c1c(C)c(C)c(P(=O)(O)O)c(C)c1C. The van der Waals surface area contributed by atoms with E-state index in [4.69, 9.17) is 0 Å². The Balaban J connectivity index is 2.79. The summed E-state index contributed by atoms with van der Waals surface area (Å²) >= 11 is 0. The summed E-state index contributed by atoms with van der Waals surface area (Å²) in [5.41, 5.74) is 6.83. The highest BCUT2D eigenvalue weighted by Crippen LogP contribution is 2.58. The Labute approximate surface area is 335 Å². The van der Waals surface area contributed by atoms with E-state index in [1.807, 2.05) is 0 Å². The maximum Gasteiger partial charge on any atom is 0.356 e. The Kier molecular flexibility index (Phi) is 12.3. The quantitative estimate of drug-likeness (QED) is 0.0730. The van der Waals surface area contributed by atoms with Gasteiger partial charge < -0.3 is 39.1 Å². The molecule has 16 heteroatoms. The van der Waals surface area contributed by atoms with Gasteiger partial charge in [-0.3, -0.25) is 18.3 Å². The molecule has 8 N–H and O–H groups in total. The zero-order chi connectivity index (χ0) is 44.4. The smallest absolute Gasteiger partial charge is 0.321 e. The van der Waals surface area contributed by atoms with E-state index in [9.17, 15) is 57.4 Å². The van der Waals surface area contributed by atoms with Crippen LogP contribution in [0.2, 0.25) is 0 Å². The fraction of sp³-hybridized carbons (Fsp3) is 0.415. The topological polar surface area (TPSA) is 230 Å². The van der Waals surface area contributed by atoms with Crippen LogP contribution in [-0.4, -0.2) is 39.1 Å². The Morgan fingerprint density at radius 1 is 0.246 bits per heavy atom. The number of hydrogen-bond donors (Lipinski definition) is 8. The van der Waals surface area contributed by atoms with Crippen LogP contribution in [-0.2, 0) is 23.7 Å². The fourth-order valence-corrected chi connectivity index (χ4v) is 14.8. The van der Waals surface area contributed by atoms with Gasteiger partial charge in [-0.15, -0.1) is 0 Å². The minimum atomic E-state index is -4.87. The summed E-state index contributed by atoms with van der Waals surface area (Å²) in [4.78, 5) is 85.9. The third-order valence-corrected chi connectivity index (χ3v) is 18.0. The molecule has 0 atom stereocenters. The Hall–Kier alpha value is -2.52. The van der Waals surface area contributed by atoms with Crippen LogP contribution in [0, 0.1) is 111 Å². The van der Waals surface area contributed by atoms with Gasteiger partial charge in [-0.25, -0.2) is 0 Å². The second-order valence-electron chi connectivity index (χ2n) is 15.8. The second kappa shape index (κ2) is 14.9. The van der Waals surface area contributed by atoms with Crippen LogP contribution >= 0.6 is 30.4 Å². The molecule has 0 bridgehead atoms. The predicted octanol–water partition coefficient (Wildman–Crippen LogP) is 6.22. The van der Waals surface area contributed by atoms with Gasteiger partial charge in [-0.05, 0) is 222 Å². The van der Waals surface area contributed by atoms with Gasteiger partial charge in [0, 0.05) is 0 Å². The number of hydrogen-bond acceptors (Lipinski definition) is 4. The molecule has 4 aromatic rings. The van der Waals surface area contributed by atoms with Gasteiger partial charge in [0.15, 0.2) is 0 Å². The van der Waals surface area contributed by atoms with Crippen molar-refractivity contribution in [3.8, 4) is 0 Å². The third-order valence-electron chi connectivity index (χ3n) is 13.0. The predicted molar refractivity (Wildman–Crippen MR) is 227 cm³/mol. The first-order valence-corrected chi connectivity index (χ1v) is 24.7. The summed E-state index contributed by atoms with van der Waals surface area (Å²) in [6.07, 6.45) is 0. The lowest BCUT2D eigenvalue weighted by atomic mass is 9.55. The third kappa shape index (κ3) is 7.08. The lowest BCUT2D eigenvalue weighted by molar-refractivity contribution is 0.385. The van der Waals surface area contributed by atoms with E-state index in [1.54, 1.807) is 111 Å². The molecule has 0 aliphatic rings. The molecule has 0 heterocycles. The fourth-order valence-electron chi connectivity index (χ4n) is 9.92. The van der Waals surface area contributed by atoms with Crippen molar-refractivity contribution in [1.82, 2.24) is 0 Å². The molecule has 0 saturated carbocycles. The minimum Gasteiger partial charge on any atom is -0.321 e. The van der Waals surface area contributed by atoms with Gasteiger partial charge in [-0.1, -0.05) is 0 Å². The van der Waals surface area contributed by atoms with Gasteiger partial charge in [0.2, 0.25) is 0 Å². The molecular weight excluding hydrogens is 808 g/mol. The van der Waals surface area contributed by atoms with Gasteiger partial charge in [0.05, 0.1) is 26.6 Å². The van der Waals surface area contributed by atoms with Crippen molar-refractivity contribution in [2.24, 2.45) is 0 Å². The number of benzene rings is 4. The standard InChI is InChI=1S/C41H56O12P4/c1-17-25(9)37(54(42,43)44)26(10)18(2)33(17)41(34-19(3)27(11)38(55(45,46)47)28(12)20(34)4,35-21(5)29(13)39(56(48,49)50)30(14)22(35)6)36-23(7)31(15)40(57(51,52)53)32(16)24(36)8/h1-16H3,(H2,42,43,44)(H2,45,46,47)(H2,48,49,50)(H2,51,52,53). The molecule has 0 unspecified atom stereocenters. The Bertz CT molecular complexity index is 2150. The molecule has 0 aromatic heterocycles. The van der Waals surface area contributed by atoms with Gasteiger partial charge >= 0.3 is 30.4 Å². The first-order chi connectivity index (χ1) is 25.5. The number of rotatable bonds is 8. The molecule has 0 radical (unpaired) electrons. The van der Waals surface area contributed by atoms with E-state index in [0.29, 0.717) is 111 Å². The van der Waals surface area contributed by atoms with Crippen LogP contribution < -0.4 is 21.2 Å². The molecule has 0 saturated heterocycles. The molecule has 12 nitrogen and oxygen atoms in total. The zero-order valence-corrected chi connectivity index (χ0v) is 39.1. The molecule has 0 fully saturated rings. The highest BCUT2D eigenvalue weighted by Gasteiger charge is 2.51. The summed E-state index contributed by atoms with van der Waals surface area (Å²) < 4.78 is 52.8. The molecule has 4 rings (SSSR count). The monoisotopic (exact) mass is 864 g/mol. The maximum atomic E-state index is 13.2. The second-order valence-corrected chi connectivity index (χ2v) is 22.0. The Morgan fingerprint density at radius 3 is 0.439 bits per heavy atom. The minimum absolute atomic E-state index is 0.150. The van der Waals surface area contributed by atoms with Crippen molar-refractivity contribution in [1.29, 1.82) is 0 Å². The lowest BCUT2D eigenvalue weighted by Gasteiger charge is -2.47. The van der Waals surface area contributed by atoms with Crippen molar-refractivity contribution >= 4 is 51.6 Å². The van der Waals surface area contributed by atoms with Crippen LogP contribution in [0.25, 0.3) is 0 Å². The average molecular weight is 865 g/mol. The molecule has 0 aliphatic carbocycles. The van der Waals surface area contributed by atoms with Crippen molar-refractivity contribution in [2.45, 2.75) is 116 Å². The van der Waals surface area contributed by atoms with E-state index >= 15 is 0 Å². The zero-order valence-electron chi connectivity index (χ0n) is 35.5. The van der Waals surface area contributed by atoms with Crippen molar-refractivity contribution in [2.75, 3.05) is 0 Å². The van der Waals surface area contributed by atoms with Crippen molar-refractivity contribution < 1.29 is 57.4 Å². The molecule has 57 heavy (non-hydrogen) atoms. The summed E-state index contributed by atoms with van der Waals surface area (Å²) in [5.74, 6) is 0. The van der Waals surface area contributed by atoms with Crippen molar-refractivity contribution in [3.63, 3.8) is 0 Å². The van der Waals surface area contributed by atoms with Gasteiger partial charge in [-0.2, -0.15) is 0 Å².